The monoisotopic (exact) mass is 420 g/mol. The first-order chi connectivity index (χ1) is 9.73. The summed E-state index contributed by atoms with van der Waals surface area (Å²) >= 11 is 7.04. The summed E-state index contributed by atoms with van der Waals surface area (Å²) in [6.07, 6.45) is 0.336. The molecule has 0 aliphatic carbocycles. The molecule has 0 aliphatic heterocycles. The van der Waals surface area contributed by atoms with Crippen molar-refractivity contribution in [3.63, 3.8) is 0 Å². The Labute approximate surface area is 143 Å². The minimum absolute atomic E-state index is 0.0340. The van der Waals surface area contributed by atoms with Gasteiger partial charge in [-0.1, -0.05) is 0 Å². The zero-order chi connectivity index (χ0) is 16.0. The average Bonchev–Trinajstić information content (AvgIpc) is 2.38. The highest BCUT2D eigenvalue weighted by molar-refractivity contribution is 9.11. The van der Waals surface area contributed by atoms with E-state index >= 15 is 0 Å². The third-order valence-electron chi connectivity index (χ3n) is 2.74. The molecule has 0 heterocycles. The standard InChI is InChI=1S/C15H22Br2N2O2/c1-15(2,3)19-9-10-7-11(16)14(12(17)8-10)21-6-5-13(20)18-4/h7-8,19H,5-6,9H2,1-4H3,(H,18,20). The van der Waals surface area contributed by atoms with Crippen LogP contribution in [0.15, 0.2) is 21.1 Å². The molecule has 0 aliphatic rings. The van der Waals surface area contributed by atoms with Gasteiger partial charge >= 0.3 is 0 Å². The number of benzene rings is 1. The van der Waals surface area contributed by atoms with Gasteiger partial charge < -0.3 is 15.4 Å². The fraction of sp³-hybridized carbons (Fsp3) is 0.533. The number of hydrogen-bond acceptors (Lipinski definition) is 3. The molecule has 1 aromatic carbocycles. The Kier molecular flexibility index (Phi) is 7.16. The van der Waals surface area contributed by atoms with Crippen molar-refractivity contribution in [1.82, 2.24) is 10.6 Å². The van der Waals surface area contributed by atoms with Crippen LogP contribution in [0.4, 0.5) is 0 Å². The number of rotatable bonds is 6. The lowest BCUT2D eigenvalue weighted by Crippen LogP contribution is -2.35. The molecule has 0 bridgehead atoms. The van der Waals surface area contributed by atoms with Crippen LogP contribution in [0.5, 0.6) is 5.75 Å². The summed E-state index contributed by atoms with van der Waals surface area (Å²) in [5.41, 5.74) is 1.23. The van der Waals surface area contributed by atoms with Crippen LogP contribution >= 0.6 is 31.9 Å². The van der Waals surface area contributed by atoms with Gasteiger partial charge in [-0.05, 0) is 70.3 Å². The number of carbonyl (C=O) groups is 1. The lowest BCUT2D eigenvalue weighted by molar-refractivity contribution is -0.121. The Morgan fingerprint density at radius 1 is 1.24 bits per heavy atom. The summed E-state index contributed by atoms with van der Waals surface area (Å²) < 4.78 is 7.41. The Morgan fingerprint density at radius 3 is 2.29 bits per heavy atom. The van der Waals surface area contributed by atoms with E-state index in [1.54, 1.807) is 7.05 Å². The second kappa shape index (κ2) is 8.15. The molecular weight excluding hydrogens is 400 g/mol. The van der Waals surface area contributed by atoms with E-state index in [4.69, 9.17) is 4.74 Å². The van der Waals surface area contributed by atoms with Gasteiger partial charge in [-0.2, -0.15) is 0 Å². The Hall–Kier alpha value is -0.590. The van der Waals surface area contributed by atoms with Gasteiger partial charge in [0, 0.05) is 19.1 Å². The lowest BCUT2D eigenvalue weighted by Gasteiger charge is -2.21. The highest BCUT2D eigenvalue weighted by atomic mass is 79.9. The molecule has 0 aromatic heterocycles. The van der Waals surface area contributed by atoms with Gasteiger partial charge in [0.15, 0.2) is 0 Å². The molecule has 0 saturated heterocycles. The predicted molar refractivity (Wildman–Crippen MR) is 92.6 cm³/mol. The molecule has 1 amide bonds. The van der Waals surface area contributed by atoms with Crippen LogP contribution < -0.4 is 15.4 Å². The van der Waals surface area contributed by atoms with Crippen molar-refractivity contribution < 1.29 is 9.53 Å². The molecular formula is C15H22Br2N2O2. The second-order valence-corrected chi connectivity index (χ2v) is 7.47. The van der Waals surface area contributed by atoms with Crippen LogP contribution in [0.25, 0.3) is 0 Å². The van der Waals surface area contributed by atoms with Crippen LogP contribution in [-0.4, -0.2) is 25.1 Å². The number of hydrogen-bond donors (Lipinski definition) is 2. The lowest BCUT2D eigenvalue weighted by atomic mass is 10.1. The van der Waals surface area contributed by atoms with E-state index in [-0.39, 0.29) is 11.4 Å². The molecule has 0 saturated carbocycles. The summed E-state index contributed by atoms with van der Waals surface area (Å²) in [4.78, 5) is 11.2. The fourth-order valence-electron chi connectivity index (χ4n) is 1.59. The first-order valence-electron chi connectivity index (χ1n) is 6.79. The van der Waals surface area contributed by atoms with Gasteiger partial charge in [0.2, 0.25) is 5.91 Å². The van der Waals surface area contributed by atoms with Gasteiger partial charge in [0.25, 0.3) is 0 Å². The van der Waals surface area contributed by atoms with E-state index in [0.717, 1.165) is 26.8 Å². The van der Waals surface area contributed by atoms with E-state index < -0.39 is 0 Å². The topological polar surface area (TPSA) is 50.4 Å². The number of nitrogens with one attached hydrogen (secondary N) is 2. The van der Waals surface area contributed by atoms with Crippen molar-refractivity contribution in [3.05, 3.63) is 26.6 Å². The Bertz CT molecular complexity index is 476. The highest BCUT2D eigenvalue weighted by Gasteiger charge is 2.12. The smallest absolute Gasteiger partial charge is 0.223 e. The van der Waals surface area contributed by atoms with Gasteiger partial charge in [-0.25, -0.2) is 0 Å². The summed E-state index contributed by atoms with van der Waals surface area (Å²) in [5.74, 6) is 0.687. The first kappa shape index (κ1) is 18.5. The molecule has 1 aromatic rings. The van der Waals surface area contributed by atoms with Gasteiger partial charge in [0.1, 0.15) is 5.75 Å². The largest absolute Gasteiger partial charge is 0.491 e. The SMILES string of the molecule is CNC(=O)CCOc1c(Br)cc(CNC(C)(C)C)cc1Br. The van der Waals surface area contributed by atoms with Crippen molar-refractivity contribution in [2.75, 3.05) is 13.7 Å². The van der Waals surface area contributed by atoms with Crippen LogP contribution in [0.3, 0.4) is 0 Å². The summed E-state index contributed by atoms with van der Waals surface area (Å²) in [7, 11) is 1.62. The molecule has 21 heavy (non-hydrogen) atoms. The Balaban J connectivity index is 2.69. The molecule has 4 nitrogen and oxygen atoms in total. The quantitative estimate of drug-likeness (QED) is 0.737. The third kappa shape index (κ3) is 6.80. The Morgan fingerprint density at radius 2 is 1.81 bits per heavy atom. The summed E-state index contributed by atoms with van der Waals surface area (Å²) in [6.45, 7) is 7.52. The van der Waals surface area contributed by atoms with Crippen LogP contribution in [0.1, 0.15) is 32.8 Å². The van der Waals surface area contributed by atoms with Crippen LogP contribution in [-0.2, 0) is 11.3 Å². The number of amides is 1. The molecule has 118 valence electrons. The van der Waals surface area contributed by atoms with E-state index in [1.807, 2.05) is 12.1 Å². The molecule has 6 heteroatoms. The number of ether oxygens (including phenoxy) is 1. The maximum atomic E-state index is 11.2. The molecule has 0 unspecified atom stereocenters. The minimum atomic E-state index is -0.0340. The molecule has 0 spiro atoms. The van der Waals surface area contributed by atoms with Crippen molar-refractivity contribution in [2.45, 2.75) is 39.3 Å². The summed E-state index contributed by atoms with van der Waals surface area (Å²) in [5, 5.41) is 6.01. The van der Waals surface area contributed by atoms with Crippen molar-refractivity contribution in [3.8, 4) is 5.75 Å². The van der Waals surface area contributed by atoms with Crippen molar-refractivity contribution in [2.24, 2.45) is 0 Å². The fourth-order valence-corrected chi connectivity index (χ4v) is 3.10. The van der Waals surface area contributed by atoms with Crippen LogP contribution in [0.2, 0.25) is 0 Å². The normalized spacial score (nSPS) is 11.3. The molecule has 0 radical (unpaired) electrons. The number of carbonyl (C=O) groups excluding carboxylic acids is 1. The van der Waals surface area contributed by atoms with Gasteiger partial charge in [-0.15, -0.1) is 0 Å². The minimum Gasteiger partial charge on any atom is -0.491 e. The maximum Gasteiger partial charge on any atom is 0.223 e. The zero-order valence-corrected chi connectivity index (χ0v) is 16.0. The number of halogens is 2. The van der Waals surface area contributed by atoms with Gasteiger partial charge in [-0.3, -0.25) is 4.79 Å². The van der Waals surface area contributed by atoms with E-state index in [2.05, 4.69) is 63.3 Å². The third-order valence-corrected chi connectivity index (χ3v) is 3.91. The maximum absolute atomic E-state index is 11.2. The molecule has 0 fully saturated rings. The second-order valence-electron chi connectivity index (χ2n) is 5.76. The predicted octanol–water partition coefficient (Wildman–Crippen LogP) is 3.61. The van der Waals surface area contributed by atoms with Crippen molar-refractivity contribution in [1.29, 1.82) is 0 Å². The van der Waals surface area contributed by atoms with E-state index in [1.165, 1.54) is 0 Å². The van der Waals surface area contributed by atoms with E-state index in [0.29, 0.717) is 13.0 Å². The molecule has 2 N–H and O–H groups in total. The first-order valence-corrected chi connectivity index (χ1v) is 8.38. The van der Waals surface area contributed by atoms with Crippen LogP contribution in [0, 0.1) is 0 Å². The zero-order valence-electron chi connectivity index (χ0n) is 12.8. The van der Waals surface area contributed by atoms with E-state index in [9.17, 15) is 4.79 Å². The molecule has 0 atom stereocenters. The van der Waals surface area contributed by atoms with Gasteiger partial charge in [0.05, 0.1) is 22.0 Å². The van der Waals surface area contributed by atoms with Crippen molar-refractivity contribution >= 4 is 37.8 Å². The average molecular weight is 422 g/mol. The highest BCUT2D eigenvalue weighted by Crippen LogP contribution is 2.35. The molecule has 1 rings (SSSR count). The summed E-state index contributed by atoms with van der Waals surface area (Å²) in [6, 6.07) is 4.05.